The molecular weight excluding hydrogens is 518 g/mol. The summed E-state index contributed by atoms with van der Waals surface area (Å²) >= 11 is 6.34. The second kappa shape index (κ2) is 13.6. The van der Waals surface area contributed by atoms with Crippen LogP contribution in [0.4, 0.5) is 0 Å². The van der Waals surface area contributed by atoms with Gasteiger partial charge in [0.25, 0.3) is 0 Å². The zero-order valence-corrected chi connectivity index (χ0v) is 24.0. The first kappa shape index (κ1) is 28.5. The van der Waals surface area contributed by atoms with E-state index >= 15 is 0 Å². The van der Waals surface area contributed by atoms with Crippen LogP contribution in [0.5, 0.6) is 0 Å². The number of nitrogens with zero attached hydrogens (tertiary/aromatic N) is 2. The van der Waals surface area contributed by atoms with Gasteiger partial charge in [-0.05, 0) is 104 Å². The number of piperidine rings is 1. The van der Waals surface area contributed by atoms with Gasteiger partial charge in [0.1, 0.15) is 0 Å². The van der Waals surface area contributed by atoms with Crippen LogP contribution in [0.1, 0.15) is 75.1 Å². The summed E-state index contributed by atoms with van der Waals surface area (Å²) < 4.78 is 0. The molecule has 0 bridgehead atoms. The number of hydrogen-bond donors (Lipinski definition) is 1. The summed E-state index contributed by atoms with van der Waals surface area (Å²) in [7, 11) is 0. The Balaban J connectivity index is 1.06. The van der Waals surface area contributed by atoms with Gasteiger partial charge in [-0.15, -0.1) is 0 Å². The van der Waals surface area contributed by atoms with Gasteiger partial charge < -0.3 is 5.73 Å². The van der Waals surface area contributed by atoms with Gasteiger partial charge in [0.05, 0.1) is 0 Å². The first-order valence-corrected chi connectivity index (χ1v) is 15.0. The van der Waals surface area contributed by atoms with Gasteiger partial charge in [-0.3, -0.25) is 19.4 Å². The molecule has 0 saturated carbocycles. The highest BCUT2D eigenvalue weighted by Crippen LogP contribution is 2.26. The molecule has 0 unspecified atom stereocenters. The number of nitrogens with two attached hydrogens (primary N) is 1. The van der Waals surface area contributed by atoms with Crippen LogP contribution in [0.15, 0.2) is 66.7 Å². The molecule has 1 amide bonds. The number of ketones is 1. The minimum Gasteiger partial charge on any atom is -0.366 e. The van der Waals surface area contributed by atoms with E-state index in [4.69, 9.17) is 17.3 Å². The zero-order chi connectivity index (χ0) is 27.9. The van der Waals surface area contributed by atoms with Crippen molar-refractivity contribution in [1.82, 2.24) is 9.80 Å². The highest BCUT2D eigenvalue weighted by molar-refractivity contribution is 6.31. The number of fused-ring (bicyclic) bond motifs is 1. The highest BCUT2D eigenvalue weighted by atomic mass is 35.5. The fraction of sp³-hybridized carbons (Fsp3) is 0.412. The van der Waals surface area contributed by atoms with Crippen molar-refractivity contribution in [2.75, 3.05) is 26.2 Å². The molecule has 0 radical (unpaired) electrons. The van der Waals surface area contributed by atoms with Crippen molar-refractivity contribution in [2.24, 2.45) is 11.7 Å². The third-order valence-corrected chi connectivity index (χ3v) is 8.98. The molecule has 2 aliphatic heterocycles. The lowest BCUT2D eigenvalue weighted by Crippen LogP contribution is -2.33. The lowest BCUT2D eigenvalue weighted by Gasteiger charge is -2.32. The van der Waals surface area contributed by atoms with E-state index in [1.807, 2.05) is 36.4 Å². The van der Waals surface area contributed by atoms with Gasteiger partial charge in [0.2, 0.25) is 5.91 Å². The first-order valence-electron chi connectivity index (χ1n) is 14.7. The SMILES string of the molecule is NC(=O)c1cccc(CN2CCc3ccc(C(=O)CCCC4CCN(Cc5ccccc5Cl)CC4)cc3CC2)c1. The Morgan fingerprint density at radius 1 is 0.800 bits per heavy atom. The Bertz CT molecular complexity index is 1330. The number of likely N-dealkylation sites (tertiary alicyclic amines) is 1. The van der Waals surface area contributed by atoms with E-state index in [-0.39, 0.29) is 5.78 Å². The van der Waals surface area contributed by atoms with Crippen molar-refractivity contribution in [3.05, 3.63) is 105 Å². The Morgan fingerprint density at radius 3 is 2.33 bits per heavy atom. The second-order valence-electron chi connectivity index (χ2n) is 11.5. The van der Waals surface area contributed by atoms with Gasteiger partial charge >= 0.3 is 0 Å². The quantitative estimate of drug-likeness (QED) is 0.297. The van der Waals surface area contributed by atoms with Crippen LogP contribution in [0.25, 0.3) is 0 Å². The molecule has 3 aromatic rings. The Kier molecular flexibility index (Phi) is 9.69. The molecule has 0 spiro atoms. The number of hydrogen-bond acceptors (Lipinski definition) is 4. The number of Topliss-reactive ketones (excluding diaryl/α,β-unsaturated/α-hetero) is 1. The van der Waals surface area contributed by atoms with Crippen molar-refractivity contribution in [1.29, 1.82) is 0 Å². The largest absolute Gasteiger partial charge is 0.366 e. The van der Waals surface area contributed by atoms with E-state index in [1.54, 1.807) is 6.07 Å². The van der Waals surface area contributed by atoms with Crippen LogP contribution >= 0.6 is 11.6 Å². The predicted molar refractivity (Wildman–Crippen MR) is 162 cm³/mol. The summed E-state index contributed by atoms with van der Waals surface area (Å²) in [4.78, 5) is 29.5. The van der Waals surface area contributed by atoms with E-state index in [2.05, 4.69) is 34.1 Å². The van der Waals surface area contributed by atoms with Gasteiger partial charge in [0, 0.05) is 48.7 Å². The van der Waals surface area contributed by atoms with Gasteiger partial charge in [-0.25, -0.2) is 0 Å². The van der Waals surface area contributed by atoms with Gasteiger partial charge in [0.15, 0.2) is 5.78 Å². The lowest BCUT2D eigenvalue weighted by atomic mass is 9.90. The Labute approximate surface area is 243 Å². The number of amides is 1. The number of primary amides is 1. The minimum atomic E-state index is -0.391. The highest BCUT2D eigenvalue weighted by Gasteiger charge is 2.21. The maximum absolute atomic E-state index is 13.1. The summed E-state index contributed by atoms with van der Waals surface area (Å²) in [5, 5.41) is 0.852. The smallest absolute Gasteiger partial charge is 0.248 e. The predicted octanol–water partition coefficient (Wildman–Crippen LogP) is 6.30. The summed E-state index contributed by atoms with van der Waals surface area (Å²) in [6.07, 6.45) is 7.00. The number of carbonyl (C=O) groups excluding carboxylic acids is 2. The summed E-state index contributed by atoms with van der Waals surface area (Å²) in [5.74, 6) is 0.581. The third kappa shape index (κ3) is 7.60. The molecule has 0 atom stereocenters. The number of rotatable bonds is 10. The molecule has 2 N–H and O–H groups in total. The van der Waals surface area contributed by atoms with Crippen LogP contribution in [0.3, 0.4) is 0 Å². The van der Waals surface area contributed by atoms with Gasteiger partial charge in [-0.2, -0.15) is 0 Å². The summed E-state index contributed by atoms with van der Waals surface area (Å²) in [5.41, 5.74) is 11.8. The van der Waals surface area contributed by atoms with Crippen molar-refractivity contribution in [2.45, 2.75) is 58.0 Å². The van der Waals surface area contributed by atoms with Crippen LogP contribution < -0.4 is 5.73 Å². The normalized spacial score (nSPS) is 16.8. The average Bonchev–Trinajstić information content (AvgIpc) is 3.17. The molecule has 40 heavy (non-hydrogen) atoms. The van der Waals surface area contributed by atoms with Crippen molar-refractivity contribution in [3.63, 3.8) is 0 Å². The fourth-order valence-corrected chi connectivity index (χ4v) is 6.38. The summed E-state index contributed by atoms with van der Waals surface area (Å²) in [6, 6.07) is 22.0. The third-order valence-electron chi connectivity index (χ3n) is 8.62. The van der Waals surface area contributed by atoms with E-state index in [0.29, 0.717) is 17.9 Å². The second-order valence-corrected chi connectivity index (χ2v) is 11.9. The molecular formula is C34H40ClN3O2. The Morgan fingerprint density at radius 2 is 1.55 bits per heavy atom. The monoisotopic (exact) mass is 557 g/mol. The maximum atomic E-state index is 13.1. The zero-order valence-electron chi connectivity index (χ0n) is 23.3. The Hall–Kier alpha value is -2.99. The lowest BCUT2D eigenvalue weighted by molar-refractivity contribution is 0.0971. The number of benzene rings is 3. The van der Waals surface area contributed by atoms with E-state index in [9.17, 15) is 9.59 Å². The maximum Gasteiger partial charge on any atom is 0.248 e. The van der Waals surface area contributed by atoms with E-state index in [0.717, 1.165) is 81.1 Å². The van der Waals surface area contributed by atoms with E-state index < -0.39 is 5.91 Å². The summed E-state index contributed by atoms with van der Waals surface area (Å²) in [6.45, 7) is 5.80. The van der Waals surface area contributed by atoms with Crippen molar-refractivity contribution in [3.8, 4) is 0 Å². The molecule has 0 aromatic heterocycles. The average molecular weight is 558 g/mol. The first-order chi connectivity index (χ1) is 19.4. The molecule has 6 heteroatoms. The molecule has 2 heterocycles. The van der Waals surface area contributed by atoms with E-state index in [1.165, 1.54) is 29.5 Å². The van der Waals surface area contributed by atoms with Crippen molar-refractivity contribution >= 4 is 23.3 Å². The van der Waals surface area contributed by atoms with Gasteiger partial charge in [-0.1, -0.05) is 54.1 Å². The van der Waals surface area contributed by atoms with Crippen LogP contribution in [0, 0.1) is 5.92 Å². The fourth-order valence-electron chi connectivity index (χ4n) is 6.18. The molecule has 3 aromatic carbocycles. The molecule has 0 aliphatic carbocycles. The number of carbonyl (C=O) groups is 2. The van der Waals surface area contributed by atoms with Crippen molar-refractivity contribution < 1.29 is 9.59 Å². The standard InChI is InChI=1S/C34H40ClN3O2/c35-32-9-2-1-7-31(32)24-38-17-13-25(14-18-38)5-4-10-33(39)29-12-11-27-15-19-37(20-16-28(27)22-29)23-26-6-3-8-30(21-26)34(36)40/h1-3,6-9,11-12,21-22,25H,4-5,10,13-20,23-24H2,(H2,36,40). The molecule has 1 fully saturated rings. The number of halogens is 1. The van der Waals surface area contributed by atoms with Crippen LogP contribution in [0.2, 0.25) is 5.02 Å². The molecule has 1 saturated heterocycles. The van der Waals surface area contributed by atoms with Crippen LogP contribution in [-0.4, -0.2) is 47.7 Å². The topological polar surface area (TPSA) is 66.6 Å². The molecule has 210 valence electrons. The molecule has 2 aliphatic rings. The molecule has 5 nitrogen and oxygen atoms in total. The van der Waals surface area contributed by atoms with Crippen LogP contribution in [-0.2, 0) is 25.9 Å². The minimum absolute atomic E-state index is 0.267. The molecule has 5 rings (SSSR count).